The van der Waals surface area contributed by atoms with E-state index in [0.717, 1.165) is 11.6 Å². The van der Waals surface area contributed by atoms with Crippen molar-refractivity contribution >= 4 is 51.9 Å². The molecule has 3 rings (SSSR count). The first-order valence-electron chi connectivity index (χ1n) is 7.22. The van der Waals surface area contributed by atoms with Gasteiger partial charge in [0.2, 0.25) is 0 Å². The number of thioether (sulfide) groups is 2. The fourth-order valence-corrected chi connectivity index (χ4v) is 6.49. The maximum Gasteiger partial charge on any atom is 0.145 e. The molecule has 1 saturated carbocycles. The molecule has 2 aliphatic rings. The molecular formula is C14H20IN3S2. The van der Waals surface area contributed by atoms with Crippen LogP contribution >= 0.6 is 46.1 Å². The van der Waals surface area contributed by atoms with Crippen LogP contribution in [0.3, 0.4) is 0 Å². The second-order valence-corrected chi connectivity index (χ2v) is 8.94. The maximum atomic E-state index is 4.97. The highest BCUT2D eigenvalue weighted by atomic mass is 127. The van der Waals surface area contributed by atoms with Crippen LogP contribution in [0.5, 0.6) is 0 Å². The summed E-state index contributed by atoms with van der Waals surface area (Å²) in [4.78, 5) is 9.79. The predicted octanol–water partition coefficient (Wildman–Crippen LogP) is 4.30. The Morgan fingerprint density at radius 2 is 2.00 bits per heavy atom. The molecule has 1 aromatic rings. The molecular weight excluding hydrogens is 401 g/mol. The van der Waals surface area contributed by atoms with Gasteiger partial charge >= 0.3 is 0 Å². The van der Waals surface area contributed by atoms with Gasteiger partial charge in [0.15, 0.2) is 0 Å². The minimum absolute atomic E-state index is 0.459. The van der Waals surface area contributed by atoms with E-state index in [1.54, 1.807) is 0 Å². The lowest BCUT2D eigenvalue weighted by Crippen LogP contribution is -2.21. The van der Waals surface area contributed by atoms with Gasteiger partial charge in [-0.25, -0.2) is 9.97 Å². The zero-order valence-electron chi connectivity index (χ0n) is 11.9. The minimum Gasteiger partial charge on any atom is -0.372 e. The molecule has 1 aliphatic carbocycles. The Bertz CT molecular complexity index is 494. The Morgan fingerprint density at radius 1 is 1.25 bits per heavy atom. The molecule has 2 fully saturated rings. The Labute approximate surface area is 143 Å². The molecule has 20 heavy (non-hydrogen) atoms. The lowest BCUT2D eigenvalue weighted by Gasteiger charge is -2.29. The number of hydrogen-bond donors (Lipinski definition) is 1. The van der Waals surface area contributed by atoms with Gasteiger partial charge in [-0.15, -0.1) is 11.8 Å². The summed E-state index contributed by atoms with van der Waals surface area (Å²) in [6.45, 7) is 2.28. The quantitative estimate of drug-likeness (QED) is 0.734. The van der Waals surface area contributed by atoms with E-state index in [1.807, 2.05) is 18.8 Å². The van der Waals surface area contributed by atoms with Crippen molar-refractivity contribution in [2.45, 2.75) is 42.6 Å². The summed E-state index contributed by atoms with van der Waals surface area (Å²) in [6.07, 6.45) is 3.78. The molecule has 1 aromatic heterocycles. The zero-order chi connectivity index (χ0) is 14.1. The van der Waals surface area contributed by atoms with Gasteiger partial charge in [-0.1, -0.05) is 6.92 Å². The SMILES string of the molecule is CCC1SCCSC1c1nc(NC)c(I)c(C2CC2)n1. The van der Waals surface area contributed by atoms with Crippen LogP contribution < -0.4 is 5.32 Å². The van der Waals surface area contributed by atoms with Gasteiger partial charge in [-0.2, -0.15) is 11.8 Å². The van der Waals surface area contributed by atoms with E-state index in [1.165, 1.54) is 40.0 Å². The fraction of sp³-hybridized carbons (Fsp3) is 0.714. The smallest absolute Gasteiger partial charge is 0.145 e. The number of halogens is 1. The van der Waals surface area contributed by atoms with Gasteiger partial charge in [-0.3, -0.25) is 0 Å². The molecule has 1 N–H and O–H groups in total. The third kappa shape index (κ3) is 3.06. The first-order valence-corrected chi connectivity index (χ1v) is 10.4. The molecule has 1 saturated heterocycles. The van der Waals surface area contributed by atoms with Crippen LogP contribution in [0, 0.1) is 3.57 Å². The normalized spacial score (nSPS) is 26.6. The standard InChI is InChI=1S/C14H20IN3S2/c1-3-9-12(20-7-6-19-9)14-17-11(8-4-5-8)10(15)13(16-2)18-14/h8-9,12H,3-7H2,1-2H3,(H,16,17,18). The molecule has 6 heteroatoms. The summed E-state index contributed by atoms with van der Waals surface area (Å²) in [7, 11) is 1.96. The third-order valence-corrected chi connectivity index (χ3v) is 8.11. The van der Waals surface area contributed by atoms with E-state index in [2.05, 4.69) is 46.6 Å². The summed E-state index contributed by atoms with van der Waals surface area (Å²) in [5.74, 6) is 5.23. The number of nitrogens with one attached hydrogen (secondary N) is 1. The van der Waals surface area contributed by atoms with Crippen molar-refractivity contribution in [3.63, 3.8) is 0 Å². The summed E-state index contributed by atoms with van der Waals surface area (Å²) in [6, 6.07) is 0. The van der Waals surface area contributed by atoms with E-state index in [0.29, 0.717) is 16.4 Å². The van der Waals surface area contributed by atoms with E-state index >= 15 is 0 Å². The van der Waals surface area contributed by atoms with Crippen LogP contribution in [-0.4, -0.2) is 33.8 Å². The second-order valence-electron chi connectivity index (χ2n) is 5.26. The summed E-state index contributed by atoms with van der Waals surface area (Å²) < 4.78 is 1.22. The summed E-state index contributed by atoms with van der Waals surface area (Å²) in [5, 5.41) is 4.37. The highest BCUT2D eigenvalue weighted by molar-refractivity contribution is 14.1. The average molecular weight is 421 g/mol. The topological polar surface area (TPSA) is 37.8 Å². The van der Waals surface area contributed by atoms with Crippen LogP contribution in [0.2, 0.25) is 0 Å². The monoisotopic (exact) mass is 421 g/mol. The number of anilines is 1. The molecule has 0 amide bonds. The second kappa shape index (κ2) is 6.60. The van der Waals surface area contributed by atoms with E-state index in [9.17, 15) is 0 Å². The zero-order valence-corrected chi connectivity index (χ0v) is 15.6. The largest absolute Gasteiger partial charge is 0.372 e. The van der Waals surface area contributed by atoms with Crippen molar-refractivity contribution in [2.75, 3.05) is 23.9 Å². The summed E-state index contributed by atoms with van der Waals surface area (Å²) >= 11 is 6.53. The van der Waals surface area contributed by atoms with E-state index < -0.39 is 0 Å². The predicted molar refractivity (Wildman–Crippen MR) is 98.0 cm³/mol. The maximum absolute atomic E-state index is 4.97. The molecule has 2 heterocycles. The van der Waals surface area contributed by atoms with Gasteiger partial charge in [0.05, 0.1) is 14.5 Å². The molecule has 0 spiro atoms. The van der Waals surface area contributed by atoms with Gasteiger partial charge in [0.1, 0.15) is 11.6 Å². The average Bonchev–Trinajstić information content (AvgIpc) is 3.32. The van der Waals surface area contributed by atoms with Gasteiger partial charge < -0.3 is 5.32 Å². The van der Waals surface area contributed by atoms with Gasteiger partial charge in [0.25, 0.3) is 0 Å². The summed E-state index contributed by atoms with van der Waals surface area (Å²) in [5.41, 5.74) is 1.28. The lowest BCUT2D eigenvalue weighted by atomic mass is 10.2. The molecule has 0 radical (unpaired) electrons. The van der Waals surface area contributed by atoms with Crippen molar-refractivity contribution in [3.05, 3.63) is 15.1 Å². The highest BCUT2D eigenvalue weighted by Crippen LogP contribution is 2.46. The molecule has 0 bridgehead atoms. The van der Waals surface area contributed by atoms with Crippen LogP contribution in [0.15, 0.2) is 0 Å². The van der Waals surface area contributed by atoms with E-state index in [4.69, 9.17) is 9.97 Å². The lowest BCUT2D eigenvalue weighted by molar-refractivity contribution is 0.739. The first kappa shape index (κ1) is 15.2. The number of aromatic nitrogens is 2. The molecule has 0 aromatic carbocycles. The Kier molecular flexibility index (Phi) is 5.02. The minimum atomic E-state index is 0.459. The van der Waals surface area contributed by atoms with Crippen LogP contribution in [-0.2, 0) is 0 Å². The van der Waals surface area contributed by atoms with Crippen LogP contribution in [0.4, 0.5) is 5.82 Å². The Hall–Kier alpha value is 0.310. The number of hydrogen-bond acceptors (Lipinski definition) is 5. The van der Waals surface area contributed by atoms with Crippen molar-refractivity contribution in [1.82, 2.24) is 9.97 Å². The van der Waals surface area contributed by atoms with E-state index in [-0.39, 0.29) is 0 Å². The number of rotatable bonds is 4. The molecule has 1 aliphatic heterocycles. The molecule has 3 nitrogen and oxygen atoms in total. The van der Waals surface area contributed by atoms with Crippen molar-refractivity contribution in [3.8, 4) is 0 Å². The molecule has 110 valence electrons. The van der Waals surface area contributed by atoms with Crippen molar-refractivity contribution < 1.29 is 0 Å². The van der Waals surface area contributed by atoms with Gasteiger partial charge in [-0.05, 0) is 41.9 Å². The molecule has 2 atom stereocenters. The van der Waals surface area contributed by atoms with Crippen molar-refractivity contribution in [2.24, 2.45) is 0 Å². The third-order valence-electron chi connectivity index (χ3n) is 3.80. The Balaban J connectivity index is 1.97. The van der Waals surface area contributed by atoms with Crippen LogP contribution in [0.25, 0.3) is 0 Å². The molecule has 2 unspecified atom stereocenters. The van der Waals surface area contributed by atoms with Crippen LogP contribution in [0.1, 0.15) is 48.9 Å². The van der Waals surface area contributed by atoms with Gasteiger partial charge in [0, 0.05) is 29.7 Å². The number of nitrogens with zero attached hydrogens (tertiary/aromatic N) is 2. The first-order chi connectivity index (χ1) is 9.74. The fourth-order valence-electron chi connectivity index (χ4n) is 2.54. The van der Waals surface area contributed by atoms with Crippen molar-refractivity contribution in [1.29, 1.82) is 0 Å². The Morgan fingerprint density at radius 3 is 2.65 bits per heavy atom. The highest BCUT2D eigenvalue weighted by Gasteiger charge is 2.33.